The van der Waals surface area contributed by atoms with Crippen LogP contribution in [0.1, 0.15) is 97.8 Å². The molecule has 0 aliphatic rings. The van der Waals surface area contributed by atoms with Crippen molar-refractivity contribution in [3.8, 4) is 0 Å². The first-order chi connectivity index (χ1) is 10.2. The van der Waals surface area contributed by atoms with E-state index in [9.17, 15) is 5.11 Å². The van der Waals surface area contributed by atoms with E-state index in [0.29, 0.717) is 0 Å². The number of hydrogen-bond donors (Lipinski definition) is 1. The highest BCUT2D eigenvalue weighted by Crippen LogP contribution is 2.32. The van der Waals surface area contributed by atoms with Crippen molar-refractivity contribution >= 4 is 0 Å². The molecular weight excluding hydrogens is 260 g/mol. The maximum absolute atomic E-state index is 9.97. The summed E-state index contributed by atoms with van der Waals surface area (Å²) in [4.78, 5) is 0. The van der Waals surface area contributed by atoms with Crippen LogP contribution < -0.4 is 0 Å². The standard InChI is InChI=1S/C19H40O2/c1-4-7-10-12-14-19(17-20,15-13-11-8-5-2)18-21-16-9-6-3/h20H,4-18H2,1-3H3. The van der Waals surface area contributed by atoms with Crippen LogP contribution in [0.2, 0.25) is 0 Å². The van der Waals surface area contributed by atoms with Crippen LogP contribution in [0, 0.1) is 5.41 Å². The molecule has 2 heteroatoms. The maximum Gasteiger partial charge on any atom is 0.0544 e. The summed E-state index contributed by atoms with van der Waals surface area (Å²) in [5.74, 6) is 0. The number of aliphatic hydroxyl groups is 1. The van der Waals surface area contributed by atoms with Gasteiger partial charge in [0.15, 0.2) is 0 Å². The molecule has 0 aromatic carbocycles. The van der Waals surface area contributed by atoms with Crippen LogP contribution in [0.15, 0.2) is 0 Å². The lowest BCUT2D eigenvalue weighted by atomic mass is 9.79. The van der Waals surface area contributed by atoms with E-state index >= 15 is 0 Å². The Morgan fingerprint density at radius 2 is 1.24 bits per heavy atom. The van der Waals surface area contributed by atoms with Crippen LogP contribution >= 0.6 is 0 Å². The van der Waals surface area contributed by atoms with Crippen LogP contribution in [-0.4, -0.2) is 24.9 Å². The van der Waals surface area contributed by atoms with E-state index in [1.165, 1.54) is 57.8 Å². The summed E-state index contributed by atoms with van der Waals surface area (Å²) >= 11 is 0. The van der Waals surface area contributed by atoms with Crippen LogP contribution in [0.3, 0.4) is 0 Å². The zero-order valence-electron chi connectivity index (χ0n) is 15.0. The molecule has 0 saturated heterocycles. The first-order valence-corrected chi connectivity index (χ1v) is 9.43. The van der Waals surface area contributed by atoms with E-state index in [0.717, 1.165) is 32.5 Å². The quantitative estimate of drug-likeness (QED) is 0.369. The topological polar surface area (TPSA) is 29.5 Å². The number of ether oxygens (including phenoxy) is 1. The van der Waals surface area contributed by atoms with Gasteiger partial charge in [-0.25, -0.2) is 0 Å². The van der Waals surface area contributed by atoms with Crippen LogP contribution in [0.25, 0.3) is 0 Å². The Morgan fingerprint density at radius 3 is 1.67 bits per heavy atom. The van der Waals surface area contributed by atoms with Crippen molar-refractivity contribution in [2.45, 2.75) is 97.8 Å². The normalized spacial score (nSPS) is 12.0. The molecular formula is C19H40O2. The van der Waals surface area contributed by atoms with Crippen molar-refractivity contribution < 1.29 is 9.84 Å². The summed E-state index contributed by atoms with van der Waals surface area (Å²) in [7, 11) is 0. The van der Waals surface area contributed by atoms with E-state index in [4.69, 9.17) is 4.74 Å². The lowest BCUT2D eigenvalue weighted by Crippen LogP contribution is -2.31. The van der Waals surface area contributed by atoms with E-state index in [-0.39, 0.29) is 12.0 Å². The van der Waals surface area contributed by atoms with Gasteiger partial charge in [-0.05, 0) is 19.3 Å². The Labute approximate surface area is 133 Å². The highest BCUT2D eigenvalue weighted by molar-refractivity contribution is 4.79. The second-order valence-electron chi connectivity index (χ2n) is 6.69. The summed E-state index contributed by atoms with van der Waals surface area (Å²) in [6.07, 6.45) is 14.8. The molecule has 0 bridgehead atoms. The molecule has 0 atom stereocenters. The van der Waals surface area contributed by atoms with Crippen molar-refractivity contribution in [3.63, 3.8) is 0 Å². The Balaban J connectivity index is 4.22. The fourth-order valence-corrected chi connectivity index (χ4v) is 2.86. The van der Waals surface area contributed by atoms with Gasteiger partial charge in [0.25, 0.3) is 0 Å². The molecule has 0 saturated carbocycles. The molecule has 1 N–H and O–H groups in total. The Bertz CT molecular complexity index is 172. The third-order valence-electron chi connectivity index (χ3n) is 4.51. The molecule has 0 rings (SSSR count). The van der Waals surface area contributed by atoms with Gasteiger partial charge in [-0.3, -0.25) is 0 Å². The van der Waals surface area contributed by atoms with Gasteiger partial charge in [-0.2, -0.15) is 0 Å². The molecule has 0 fully saturated rings. The third kappa shape index (κ3) is 11.2. The minimum Gasteiger partial charge on any atom is -0.396 e. The molecule has 0 aliphatic heterocycles. The van der Waals surface area contributed by atoms with Gasteiger partial charge in [-0.15, -0.1) is 0 Å². The van der Waals surface area contributed by atoms with Crippen molar-refractivity contribution in [3.05, 3.63) is 0 Å². The lowest BCUT2D eigenvalue weighted by Gasteiger charge is -2.32. The van der Waals surface area contributed by atoms with Crippen LogP contribution in [0.5, 0.6) is 0 Å². The number of aliphatic hydroxyl groups excluding tert-OH is 1. The van der Waals surface area contributed by atoms with Gasteiger partial charge in [0, 0.05) is 12.0 Å². The molecule has 0 radical (unpaired) electrons. The predicted molar refractivity (Wildman–Crippen MR) is 92.8 cm³/mol. The fraction of sp³-hybridized carbons (Fsp3) is 1.00. The SMILES string of the molecule is CCCCCCC(CO)(CCCCCC)COCCCC. The highest BCUT2D eigenvalue weighted by atomic mass is 16.5. The average Bonchev–Trinajstić information content (AvgIpc) is 2.51. The van der Waals surface area contributed by atoms with Crippen LogP contribution in [-0.2, 0) is 4.74 Å². The second-order valence-corrected chi connectivity index (χ2v) is 6.69. The van der Waals surface area contributed by atoms with Crippen molar-refractivity contribution in [1.82, 2.24) is 0 Å². The van der Waals surface area contributed by atoms with Crippen molar-refractivity contribution in [1.29, 1.82) is 0 Å². The fourth-order valence-electron chi connectivity index (χ4n) is 2.86. The highest BCUT2D eigenvalue weighted by Gasteiger charge is 2.28. The summed E-state index contributed by atoms with van der Waals surface area (Å²) in [5.41, 5.74) is 0.0230. The average molecular weight is 301 g/mol. The van der Waals surface area contributed by atoms with Gasteiger partial charge >= 0.3 is 0 Å². The molecule has 0 aromatic rings. The summed E-state index contributed by atoms with van der Waals surface area (Å²) < 4.78 is 5.88. The van der Waals surface area contributed by atoms with Gasteiger partial charge < -0.3 is 9.84 Å². The summed E-state index contributed by atoms with van der Waals surface area (Å²) in [6, 6.07) is 0. The minimum absolute atomic E-state index is 0.0230. The molecule has 0 heterocycles. The van der Waals surface area contributed by atoms with Gasteiger partial charge in [-0.1, -0.05) is 78.6 Å². The maximum atomic E-state index is 9.97. The summed E-state index contributed by atoms with van der Waals surface area (Å²) in [6.45, 7) is 8.58. The first kappa shape index (κ1) is 20.9. The molecule has 0 aliphatic carbocycles. The Morgan fingerprint density at radius 1 is 0.714 bits per heavy atom. The van der Waals surface area contributed by atoms with E-state index in [1.807, 2.05) is 0 Å². The first-order valence-electron chi connectivity index (χ1n) is 9.43. The molecule has 0 aromatic heterocycles. The summed E-state index contributed by atoms with van der Waals surface area (Å²) in [5, 5.41) is 9.97. The van der Waals surface area contributed by atoms with E-state index in [1.54, 1.807) is 0 Å². The number of unbranched alkanes of at least 4 members (excludes halogenated alkanes) is 7. The molecule has 2 nitrogen and oxygen atoms in total. The van der Waals surface area contributed by atoms with Crippen LogP contribution in [0.4, 0.5) is 0 Å². The molecule has 128 valence electrons. The number of hydrogen-bond acceptors (Lipinski definition) is 2. The Kier molecular flexibility index (Phi) is 14.8. The van der Waals surface area contributed by atoms with Crippen molar-refractivity contribution in [2.75, 3.05) is 19.8 Å². The molecule has 0 amide bonds. The van der Waals surface area contributed by atoms with Gasteiger partial charge in [0.05, 0.1) is 13.2 Å². The van der Waals surface area contributed by atoms with E-state index in [2.05, 4.69) is 20.8 Å². The Hall–Kier alpha value is -0.0800. The second kappa shape index (κ2) is 14.8. The molecule has 0 spiro atoms. The van der Waals surface area contributed by atoms with Crippen molar-refractivity contribution in [2.24, 2.45) is 5.41 Å². The lowest BCUT2D eigenvalue weighted by molar-refractivity contribution is -0.00834. The molecule has 21 heavy (non-hydrogen) atoms. The van der Waals surface area contributed by atoms with E-state index < -0.39 is 0 Å². The predicted octanol–water partition coefficient (Wildman–Crippen LogP) is 5.72. The molecule has 0 unspecified atom stereocenters. The van der Waals surface area contributed by atoms with Gasteiger partial charge in [0.2, 0.25) is 0 Å². The largest absolute Gasteiger partial charge is 0.396 e. The number of rotatable bonds is 16. The zero-order valence-corrected chi connectivity index (χ0v) is 15.0. The smallest absolute Gasteiger partial charge is 0.0544 e. The monoisotopic (exact) mass is 300 g/mol. The van der Waals surface area contributed by atoms with Gasteiger partial charge in [0.1, 0.15) is 0 Å². The third-order valence-corrected chi connectivity index (χ3v) is 4.51. The minimum atomic E-state index is 0.0230. The zero-order chi connectivity index (χ0) is 15.8.